The molecule has 1 aromatic carbocycles. The molecule has 2 aliphatic rings. The predicted octanol–water partition coefficient (Wildman–Crippen LogP) is 3.10. The van der Waals surface area contributed by atoms with Crippen LogP contribution in [0.4, 0.5) is 10.7 Å². The number of anilines is 2. The first kappa shape index (κ1) is 20.4. The third kappa shape index (κ3) is 4.32. The van der Waals surface area contributed by atoms with Crippen molar-refractivity contribution in [3.8, 4) is 11.8 Å². The Hall–Kier alpha value is -2.89. The summed E-state index contributed by atoms with van der Waals surface area (Å²) in [4.78, 5) is 28.2. The number of rotatable bonds is 5. The fourth-order valence-corrected chi connectivity index (χ4v) is 5.40. The number of para-hydroxylation sites is 2. The molecule has 1 aliphatic carbocycles. The number of phenols is 1. The molecule has 2 aromatic rings. The summed E-state index contributed by atoms with van der Waals surface area (Å²) in [6.07, 6.45) is 4.30. The number of carbonyl (C=O) groups is 2. The molecule has 0 radical (unpaired) electrons. The van der Waals surface area contributed by atoms with Crippen LogP contribution in [0.3, 0.4) is 0 Å². The number of nitrogens with one attached hydrogen (secondary N) is 2. The standard InChI is InChI=1S/C22H24N4O3S/c23-12-16-15-4-3-7-19(15)30-22(16)25-20(28)13-26-10-8-14(9-11-26)21(29)24-17-5-1-2-6-18(17)27/h1-2,5-6,14,27H,3-4,7-11,13H2,(H,24,29)(H,25,28). The van der Waals surface area contributed by atoms with Gasteiger partial charge in [0.1, 0.15) is 16.8 Å². The molecule has 7 nitrogen and oxygen atoms in total. The summed E-state index contributed by atoms with van der Waals surface area (Å²) in [5, 5.41) is 25.6. The lowest BCUT2D eigenvalue weighted by molar-refractivity contribution is -0.121. The fraction of sp³-hybridized carbons (Fsp3) is 0.409. The van der Waals surface area contributed by atoms with Crippen molar-refractivity contribution in [1.29, 1.82) is 5.26 Å². The van der Waals surface area contributed by atoms with E-state index in [-0.39, 0.29) is 30.0 Å². The Kier molecular flexibility index (Phi) is 6.02. The van der Waals surface area contributed by atoms with Crippen LogP contribution < -0.4 is 10.6 Å². The van der Waals surface area contributed by atoms with Gasteiger partial charge < -0.3 is 15.7 Å². The first-order valence-corrected chi connectivity index (χ1v) is 11.0. The number of benzene rings is 1. The van der Waals surface area contributed by atoms with E-state index in [1.54, 1.807) is 18.2 Å². The quantitative estimate of drug-likeness (QED) is 0.640. The van der Waals surface area contributed by atoms with Gasteiger partial charge in [-0.15, -0.1) is 11.3 Å². The molecule has 2 heterocycles. The number of phenolic OH excluding ortho intramolecular Hbond substituents is 1. The molecule has 0 atom stereocenters. The zero-order chi connectivity index (χ0) is 21.1. The number of likely N-dealkylation sites (tertiary alicyclic amines) is 1. The first-order chi connectivity index (χ1) is 14.5. The van der Waals surface area contributed by atoms with Gasteiger partial charge in [0.2, 0.25) is 11.8 Å². The van der Waals surface area contributed by atoms with Gasteiger partial charge >= 0.3 is 0 Å². The highest BCUT2D eigenvalue weighted by Gasteiger charge is 2.27. The number of thiophene rings is 1. The van der Waals surface area contributed by atoms with Crippen molar-refractivity contribution in [1.82, 2.24) is 4.90 Å². The van der Waals surface area contributed by atoms with E-state index in [0.717, 1.165) is 24.8 Å². The number of nitrogens with zero attached hydrogens (tertiary/aromatic N) is 2. The van der Waals surface area contributed by atoms with E-state index in [1.807, 2.05) is 4.90 Å². The molecular formula is C22H24N4O3S. The Labute approximate surface area is 179 Å². The summed E-state index contributed by atoms with van der Waals surface area (Å²) in [6.45, 7) is 1.55. The highest BCUT2D eigenvalue weighted by Crippen LogP contribution is 2.38. The zero-order valence-corrected chi connectivity index (χ0v) is 17.4. The van der Waals surface area contributed by atoms with Crippen LogP contribution in [0.2, 0.25) is 0 Å². The molecule has 3 N–H and O–H groups in total. The predicted molar refractivity (Wildman–Crippen MR) is 116 cm³/mol. The maximum Gasteiger partial charge on any atom is 0.239 e. The highest BCUT2D eigenvalue weighted by molar-refractivity contribution is 7.16. The van der Waals surface area contributed by atoms with E-state index in [2.05, 4.69) is 16.7 Å². The molecule has 4 rings (SSSR count). The summed E-state index contributed by atoms with van der Waals surface area (Å²) >= 11 is 1.52. The number of carbonyl (C=O) groups excluding carboxylic acids is 2. The Morgan fingerprint density at radius 3 is 2.70 bits per heavy atom. The van der Waals surface area contributed by atoms with Gasteiger partial charge in [0.05, 0.1) is 17.8 Å². The van der Waals surface area contributed by atoms with Gasteiger partial charge in [-0.2, -0.15) is 5.26 Å². The number of aromatic hydroxyl groups is 1. The first-order valence-electron chi connectivity index (χ1n) is 10.2. The van der Waals surface area contributed by atoms with Gasteiger partial charge in [0, 0.05) is 10.8 Å². The third-order valence-corrected chi connectivity index (χ3v) is 6.98. The Bertz CT molecular complexity index is 1000. The van der Waals surface area contributed by atoms with Crippen LogP contribution in [-0.2, 0) is 22.4 Å². The molecule has 30 heavy (non-hydrogen) atoms. The maximum absolute atomic E-state index is 12.5. The van der Waals surface area contributed by atoms with Crippen molar-refractivity contribution < 1.29 is 14.7 Å². The molecule has 156 valence electrons. The molecule has 0 saturated carbocycles. The number of hydrogen-bond donors (Lipinski definition) is 3. The lowest BCUT2D eigenvalue weighted by atomic mass is 9.95. The van der Waals surface area contributed by atoms with Crippen LogP contribution >= 0.6 is 11.3 Å². The number of nitriles is 1. The zero-order valence-electron chi connectivity index (χ0n) is 16.6. The molecule has 1 aliphatic heterocycles. The maximum atomic E-state index is 12.5. The van der Waals surface area contributed by atoms with Crippen LogP contribution in [0.15, 0.2) is 24.3 Å². The summed E-state index contributed by atoms with van der Waals surface area (Å²) in [5.41, 5.74) is 2.15. The Morgan fingerprint density at radius 2 is 1.97 bits per heavy atom. The second-order valence-electron chi connectivity index (χ2n) is 7.78. The molecule has 0 spiro atoms. The van der Waals surface area contributed by atoms with Crippen LogP contribution in [0.25, 0.3) is 0 Å². The number of fused-ring (bicyclic) bond motifs is 1. The van der Waals surface area contributed by atoms with Crippen molar-refractivity contribution in [2.75, 3.05) is 30.3 Å². The van der Waals surface area contributed by atoms with Crippen molar-refractivity contribution in [2.45, 2.75) is 32.1 Å². The van der Waals surface area contributed by atoms with E-state index >= 15 is 0 Å². The van der Waals surface area contributed by atoms with Gasteiger partial charge in [0.15, 0.2) is 0 Å². The number of aryl methyl sites for hydroxylation is 1. The highest BCUT2D eigenvalue weighted by atomic mass is 32.1. The van der Waals surface area contributed by atoms with E-state index < -0.39 is 0 Å². The molecule has 2 amide bonds. The second kappa shape index (κ2) is 8.86. The van der Waals surface area contributed by atoms with Crippen molar-refractivity contribution in [3.63, 3.8) is 0 Å². The lowest BCUT2D eigenvalue weighted by Crippen LogP contribution is -2.41. The molecule has 1 saturated heterocycles. The summed E-state index contributed by atoms with van der Waals surface area (Å²) in [6, 6.07) is 8.92. The Morgan fingerprint density at radius 1 is 1.20 bits per heavy atom. The van der Waals surface area contributed by atoms with E-state index in [0.29, 0.717) is 42.2 Å². The fourth-order valence-electron chi connectivity index (χ4n) is 4.15. The summed E-state index contributed by atoms with van der Waals surface area (Å²) < 4.78 is 0. The minimum absolute atomic E-state index is 0.0521. The van der Waals surface area contributed by atoms with Gasteiger partial charge in [-0.1, -0.05) is 12.1 Å². The van der Waals surface area contributed by atoms with Gasteiger partial charge in [-0.25, -0.2) is 0 Å². The average Bonchev–Trinajstić information content (AvgIpc) is 3.30. The topological polar surface area (TPSA) is 105 Å². The average molecular weight is 425 g/mol. The number of hydrogen-bond acceptors (Lipinski definition) is 6. The lowest BCUT2D eigenvalue weighted by Gasteiger charge is -2.30. The number of amides is 2. The van der Waals surface area contributed by atoms with Crippen LogP contribution in [0.5, 0.6) is 5.75 Å². The third-order valence-electron chi connectivity index (χ3n) is 5.77. The minimum atomic E-state index is -0.144. The summed E-state index contributed by atoms with van der Waals surface area (Å²) in [7, 11) is 0. The molecule has 8 heteroatoms. The normalized spacial score (nSPS) is 16.6. The minimum Gasteiger partial charge on any atom is -0.506 e. The van der Waals surface area contributed by atoms with Crippen molar-refractivity contribution in [2.24, 2.45) is 5.92 Å². The van der Waals surface area contributed by atoms with Crippen molar-refractivity contribution in [3.05, 3.63) is 40.3 Å². The summed E-state index contributed by atoms with van der Waals surface area (Å²) in [5.74, 6) is -0.318. The van der Waals surface area contributed by atoms with Crippen LogP contribution in [0, 0.1) is 17.2 Å². The number of piperidine rings is 1. The largest absolute Gasteiger partial charge is 0.506 e. The van der Waals surface area contributed by atoms with E-state index in [9.17, 15) is 20.0 Å². The molecule has 0 bridgehead atoms. The smallest absolute Gasteiger partial charge is 0.239 e. The van der Waals surface area contributed by atoms with Gasteiger partial charge in [-0.05, 0) is 62.9 Å². The SMILES string of the molecule is N#Cc1c(NC(=O)CN2CCC(C(=O)Nc3ccccc3O)CC2)sc2c1CCC2. The van der Waals surface area contributed by atoms with Crippen LogP contribution in [-0.4, -0.2) is 41.5 Å². The second-order valence-corrected chi connectivity index (χ2v) is 8.88. The van der Waals surface area contributed by atoms with E-state index in [4.69, 9.17) is 0 Å². The van der Waals surface area contributed by atoms with Crippen LogP contribution in [0.1, 0.15) is 35.3 Å². The van der Waals surface area contributed by atoms with Gasteiger partial charge in [0.25, 0.3) is 0 Å². The molecule has 0 unspecified atom stereocenters. The van der Waals surface area contributed by atoms with Gasteiger partial charge in [-0.3, -0.25) is 14.5 Å². The molecule has 1 fully saturated rings. The van der Waals surface area contributed by atoms with Crippen molar-refractivity contribution >= 4 is 33.8 Å². The molecular weight excluding hydrogens is 400 g/mol. The Balaban J connectivity index is 1.27. The molecule has 1 aromatic heterocycles. The monoisotopic (exact) mass is 424 g/mol. The van der Waals surface area contributed by atoms with E-state index in [1.165, 1.54) is 22.3 Å².